The van der Waals surface area contributed by atoms with Gasteiger partial charge in [-0.2, -0.15) is 0 Å². The van der Waals surface area contributed by atoms with Crippen molar-refractivity contribution in [3.8, 4) is 0 Å². The van der Waals surface area contributed by atoms with Crippen LogP contribution in [0.25, 0.3) is 0 Å². The van der Waals surface area contributed by atoms with Crippen molar-refractivity contribution in [3.63, 3.8) is 0 Å². The minimum Gasteiger partial charge on any atom is -0.481 e. The maximum atomic E-state index is 13.9. The number of carboxylic acids is 1. The Morgan fingerprint density at radius 2 is 1.78 bits per heavy atom. The van der Waals surface area contributed by atoms with Crippen LogP contribution in [0.2, 0.25) is 0 Å². The molecule has 0 aromatic heterocycles. The van der Waals surface area contributed by atoms with E-state index in [1.165, 1.54) is 0 Å². The molecule has 4 aliphatic rings. The Balaban J connectivity index is 1.27. The summed E-state index contributed by atoms with van der Waals surface area (Å²) < 4.78 is 5.99. The van der Waals surface area contributed by atoms with Gasteiger partial charge in [0.1, 0.15) is 11.9 Å². The van der Waals surface area contributed by atoms with E-state index in [4.69, 9.17) is 4.74 Å². The standard InChI is InChI=1S/C32H44O5/c1-19-5-8-21(9-6-19)30(36)37-23-15-16-31(3)22(17-23)10-11-24-26-13-12-25(20(2)7-14-29(34)35)32(26,4)28(33)18-27(24)31/h5-6,8-9,20,22-27H,7,10-18H2,1-4H3,(H,34,35)/t20-,22-,23-,24+,25-,26+,27+,31+,32-/m1/s1. The molecule has 0 unspecified atom stereocenters. The van der Waals surface area contributed by atoms with Gasteiger partial charge in [-0.3, -0.25) is 9.59 Å². The second-order valence-electron chi connectivity index (χ2n) is 13.3. The lowest BCUT2D eigenvalue weighted by molar-refractivity contribution is -0.160. The van der Waals surface area contributed by atoms with E-state index >= 15 is 0 Å². The number of benzene rings is 1. The number of ether oxygens (including phenoxy) is 1. The number of fused-ring (bicyclic) bond motifs is 5. The third-order valence-corrected chi connectivity index (χ3v) is 11.6. The highest BCUT2D eigenvalue weighted by atomic mass is 16.5. The fourth-order valence-electron chi connectivity index (χ4n) is 9.44. The van der Waals surface area contributed by atoms with Crippen molar-refractivity contribution < 1.29 is 24.2 Å². The first-order chi connectivity index (χ1) is 17.5. The third kappa shape index (κ3) is 4.55. The van der Waals surface area contributed by atoms with Crippen LogP contribution in [0.3, 0.4) is 0 Å². The number of aryl methyl sites for hydroxylation is 1. The molecule has 0 bridgehead atoms. The molecule has 37 heavy (non-hydrogen) atoms. The molecule has 4 saturated carbocycles. The molecule has 0 radical (unpaired) electrons. The maximum Gasteiger partial charge on any atom is 0.338 e. The summed E-state index contributed by atoms with van der Waals surface area (Å²) in [6.45, 7) is 8.82. The van der Waals surface area contributed by atoms with Crippen LogP contribution in [0.15, 0.2) is 24.3 Å². The summed E-state index contributed by atoms with van der Waals surface area (Å²) in [6.07, 6.45) is 8.72. The van der Waals surface area contributed by atoms with Crippen molar-refractivity contribution in [2.45, 2.75) is 98.0 Å². The minimum atomic E-state index is -0.743. The smallest absolute Gasteiger partial charge is 0.338 e. The number of hydrogen-bond donors (Lipinski definition) is 1. The molecule has 9 atom stereocenters. The lowest BCUT2D eigenvalue weighted by Gasteiger charge is -2.60. The van der Waals surface area contributed by atoms with E-state index in [0.717, 1.165) is 50.5 Å². The van der Waals surface area contributed by atoms with Crippen LogP contribution < -0.4 is 0 Å². The maximum absolute atomic E-state index is 13.9. The minimum absolute atomic E-state index is 0.0427. The van der Waals surface area contributed by atoms with Gasteiger partial charge in [0.2, 0.25) is 0 Å². The molecular formula is C32H44O5. The van der Waals surface area contributed by atoms with E-state index in [2.05, 4.69) is 20.8 Å². The third-order valence-electron chi connectivity index (χ3n) is 11.6. The van der Waals surface area contributed by atoms with E-state index in [1.807, 2.05) is 31.2 Å². The van der Waals surface area contributed by atoms with Crippen molar-refractivity contribution in [1.29, 1.82) is 0 Å². The highest BCUT2D eigenvalue weighted by molar-refractivity contribution is 5.89. The van der Waals surface area contributed by atoms with E-state index in [-0.39, 0.29) is 35.2 Å². The quantitative estimate of drug-likeness (QED) is 0.425. The van der Waals surface area contributed by atoms with Gasteiger partial charge >= 0.3 is 11.9 Å². The van der Waals surface area contributed by atoms with Crippen LogP contribution in [-0.2, 0) is 14.3 Å². The van der Waals surface area contributed by atoms with Crippen molar-refractivity contribution in [2.75, 3.05) is 0 Å². The number of ketones is 1. The van der Waals surface area contributed by atoms with Crippen molar-refractivity contribution in [3.05, 3.63) is 35.4 Å². The molecule has 1 aromatic carbocycles. The van der Waals surface area contributed by atoms with Crippen LogP contribution >= 0.6 is 0 Å². The lowest BCUT2D eigenvalue weighted by atomic mass is 9.44. The molecular weight excluding hydrogens is 464 g/mol. The number of carbonyl (C=O) groups is 3. The van der Waals surface area contributed by atoms with E-state index in [9.17, 15) is 19.5 Å². The van der Waals surface area contributed by atoms with Gasteiger partial charge in [-0.05, 0) is 111 Å². The molecule has 1 aromatic rings. The largest absolute Gasteiger partial charge is 0.481 e. The van der Waals surface area contributed by atoms with Gasteiger partial charge in [-0.1, -0.05) is 38.5 Å². The molecule has 1 N–H and O–H groups in total. The first-order valence-corrected chi connectivity index (χ1v) is 14.6. The van der Waals surface area contributed by atoms with E-state index in [0.29, 0.717) is 53.8 Å². The second-order valence-corrected chi connectivity index (χ2v) is 13.3. The molecule has 0 aliphatic heterocycles. The molecule has 0 spiro atoms. The van der Waals surface area contributed by atoms with Gasteiger partial charge in [0, 0.05) is 18.3 Å². The predicted octanol–water partition coefficient (Wildman–Crippen LogP) is 6.86. The molecule has 4 aliphatic carbocycles. The zero-order chi connectivity index (χ0) is 26.5. The zero-order valence-corrected chi connectivity index (χ0v) is 23.0. The van der Waals surface area contributed by atoms with Crippen molar-refractivity contribution in [1.82, 2.24) is 0 Å². The van der Waals surface area contributed by atoms with Crippen molar-refractivity contribution >= 4 is 17.7 Å². The number of rotatable bonds is 6. The van der Waals surface area contributed by atoms with E-state index < -0.39 is 5.97 Å². The Morgan fingerprint density at radius 1 is 1.05 bits per heavy atom. The van der Waals surface area contributed by atoms with Gasteiger partial charge < -0.3 is 9.84 Å². The molecule has 4 fully saturated rings. The summed E-state index contributed by atoms with van der Waals surface area (Å²) in [5.74, 6) is 1.93. The Labute approximate surface area is 221 Å². The number of carbonyl (C=O) groups excluding carboxylic acids is 2. The Hall–Kier alpha value is -2.17. The Bertz CT molecular complexity index is 1050. The van der Waals surface area contributed by atoms with Gasteiger partial charge in [-0.15, -0.1) is 0 Å². The van der Waals surface area contributed by atoms with Crippen LogP contribution in [0.5, 0.6) is 0 Å². The molecule has 0 saturated heterocycles. The number of aliphatic carboxylic acids is 1. The van der Waals surface area contributed by atoms with Crippen LogP contribution in [0.4, 0.5) is 0 Å². The normalized spacial score (nSPS) is 39.7. The first-order valence-electron chi connectivity index (χ1n) is 14.6. The van der Waals surface area contributed by atoms with Crippen LogP contribution in [-0.4, -0.2) is 28.9 Å². The first kappa shape index (κ1) is 26.4. The summed E-state index contributed by atoms with van der Waals surface area (Å²) in [7, 11) is 0. The molecule has 0 amide bonds. The second kappa shape index (κ2) is 9.85. The van der Waals surface area contributed by atoms with Gasteiger partial charge in [0.15, 0.2) is 0 Å². The monoisotopic (exact) mass is 508 g/mol. The molecule has 202 valence electrons. The molecule has 5 heteroatoms. The zero-order valence-electron chi connectivity index (χ0n) is 23.0. The van der Waals surface area contributed by atoms with Gasteiger partial charge in [0.05, 0.1) is 5.56 Å². The number of esters is 1. The predicted molar refractivity (Wildman–Crippen MR) is 142 cm³/mol. The topological polar surface area (TPSA) is 80.7 Å². The van der Waals surface area contributed by atoms with E-state index in [1.54, 1.807) is 0 Å². The molecule has 5 nitrogen and oxygen atoms in total. The summed E-state index contributed by atoms with van der Waals surface area (Å²) >= 11 is 0. The average molecular weight is 509 g/mol. The Kier molecular flexibility index (Phi) is 7.04. The number of carboxylic acid groups (broad SMARTS) is 1. The average Bonchev–Trinajstić information content (AvgIpc) is 3.22. The summed E-state index contributed by atoms with van der Waals surface area (Å²) in [6, 6.07) is 7.59. The Morgan fingerprint density at radius 3 is 2.49 bits per heavy atom. The number of hydrogen-bond acceptors (Lipinski definition) is 4. The molecule has 5 rings (SSSR count). The molecule has 0 heterocycles. The number of Topliss-reactive ketones (excluding diaryl/α,β-unsaturated/α-hetero) is 1. The van der Waals surface area contributed by atoms with Gasteiger partial charge in [0.25, 0.3) is 0 Å². The fraction of sp³-hybridized carbons (Fsp3) is 0.719. The van der Waals surface area contributed by atoms with Crippen molar-refractivity contribution in [2.24, 2.45) is 46.3 Å². The summed E-state index contributed by atoms with van der Waals surface area (Å²) in [5.41, 5.74) is 1.57. The van der Waals surface area contributed by atoms with Crippen LogP contribution in [0.1, 0.15) is 101 Å². The summed E-state index contributed by atoms with van der Waals surface area (Å²) in [4.78, 5) is 37.9. The summed E-state index contributed by atoms with van der Waals surface area (Å²) in [5, 5.41) is 9.19. The fourth-order valence-corrected chi connectivity index (χ4v) is 9.44. The lowest BCUT2D eigenvalue weighted by Crippen LogP contribution is -2.57. The highest BCUT2D eigenvalue weighted by Gasteiger charge is 2.64. The van der Waals surface area contributed by atoms with Crippen LogP contribution in [0, 0.1) is 53.3 Å². The van der Waals surface area contributed by atoms with Gasteiger partial charge in [-0.25, -0.2) is 4.79 Å². The SMILES string of the molecule is Cc1ccc(C(=O)O[C@@H]2CC[C@@]3(C)[C@H](CC[C@@H]4[C@@H]3CC(=O)[C@]3(C)[C@@H]([C@H](C)CCC(=O)O)CC[C@@H]43)C2)cc1. The highest BCUT2D eigenvalue weighted by Crippen LogP contribution is 2.67.